The number of benzene rings is 2. The fourth-order valence-corrected chi connectivity index (χ4v) is 4.27. The first-order valence-electron chi connectivity index (χ1n) is 10.9. The molecule has 0 spiro atoms. The lowest BCUT2D eigenvalue weighted by Gasteiger charge is -2.24. The zero-order valence-corrected chi connectivity index (χ0v) is 21.4. The van der Waals surface area contributed by atoms with Gasteiger partial charge in [0.2, 0.25) is 6.04 Å². The molecule has 2 N–H and O–H groups in total. The Bertz CT molecular complexity index is 1370. The van der Waals surface area contributed by atoms with Gasteiger partial charge in [-0.2, -0.15) is 26.3 Å². The number of hydrogen-bond donors (Lipinski definition) is 2. The van der Waals surface area contributed by atoms with Gasteiger partial charge in [-0.1, -0.05) is 0 Å². The average Bonchev–Trinajstić information content (AvgIpc) is 2.80. The van der Waals surface area contributed by atoms with Crippen LogP contribution in [0.3, 0.4) is 0 Å². The van der Waals surface area contributed by atoms with Crippen molar-refractivity contribution in [1.82, 2.24) is 15.3 Å². The van der Waals surface area contributed by atoms with Gasteiger partial charge in [0.1, 0.15) is 23.7 Å². The quantitative estimate of drug-likeness (QED) is 0.357. The summed E-state index contributed by atoms with van der Waals surface area (Å²) in [6.45, 7) is 0.500. The Morgan fingerprint density at radius 1 is 1.10 bits per heavy atom. The molecule has 39 heavy (non-hydrogen) atoms. The van der Waals surface area contributed by atoms with Crippen molar-refractivity contribution >= 4 is 44.8 Å². The second-order valence-electron chi connectivity index (χ2n) is 8.42. The summed E-state index contributed by atoms with van der Waals surface area (Å²) in [6.07, 6.45) is -8.77. The van der Waals surface area contributed by atoms with Crippen LogP contribution in [0.25, 0.3) is 10.9 Å². The Balaban J connectivity index is 1.86. The molecule has 16 heteroatoms. The number of aryl methyl sites for hydroxylation is 1. The second kappa shape index (κ2) is 11.6. The monoisotopic (exact) mass is 581 g/mol. The molecular formula is C23H22F7N5O3S. The van der Waals surface area contributed by atoms with Crippen LogP contribution >= 0.6 is 0 Å². The minimum Gasteiger partial charge on any atom is -0.481 e. The van der Waals surface area contributed by atoms with E-state index in [-0.39, 0.29) is 23.1 Å². The summed E-state index contributed by atoms with van der Waals surface area (Å²) in [5.41, 5.74) is 1.95. The summed E-state index contributed by atoms with van der Waals surface area (Å²) in [4.78, 5) is 22.1. The van der Waals surface area contributed by atoms with E-state index in [0.717, 1.165) is 23.1 Å². The van der Waals surface area contributed by atoms with Gasteiger partial charge in [0.15, 0.2) is 6.61 Å². The third-order valence-corrected chi connectivity index (χ3v) is 6.00. The summed E-state index contributed by atoms with van der Waals surface area (Å²) < 4.78 is 107. The Hall–Kier alpha value is -3.69. The highest BCUT2D eigenvalue weighted by atomic mass is 32.2. The SMILES string of the molecule is Cc1cc(N(C)CS(C)=O)cc2ncnc(Nc3ccc(F)cc3OCC(=O)NC(C(F)(F)F)C(F)(F)F)c12. The molecule has 1 atom stereocenters. The number of fused-ring (bicyclic) bond motifs is 1. The predicted octanol–water partition coefficient (Wildman–Crippen LogP) is 4.58. The van der Waals surface area contributed by atoms with Crippen molar-refractivity contribution in [1.29, 1.82) is 0 Å². The molecule has 8 nitrogen and oxygen atoms in total. The van der Waals surface area contributed by atoms with Gasteiger partial charge in [0, 0.05) is 41.2 Å². The van der Waals surface area contributed by atoms with E-state index in [1.54, 1.807) is 37.3 Å². The van der Waals surface area contributed by atoms with Crippen molar-refractivity contribution in [3.8, 4) is 5.75 Å². The first-order chi connectivity index (χ1) is 18.1. The zero-order valence-electron chi connectivity index (χ0n) is 20.6. The van der Waals surface area contributed by atoms with E-state index in [2.05, 4.69) is 15.3 Å². The van der Waals surface area contributed by atoms with Crippen molar-refractivity contribution in [2.24, 2.45) is 0 Å². The number of carbonyl (C=O) groups is 1. The number of carbonyl (C=O) groups excluding carboxylic acids is 1. The fraction of sp³-hybridized carbons (Fsp3) is 0.348. The molecule has 0 saturated carbocycles. The molecule has 2 aromatic carbocycles. The van der Waals surface area contributed by atoms with Crippen molar-refractivity contribution in [3.05, 3.63) is 48.0 Å². The van der Waals surface area contributed by atoms with Gasteiger partial charge < -0.3 is 20.3 Å². The molecule has 0 aliphatic heterocycles. The Labute approximate surface area is 220 Å². The third-order valence-electron chi connectivity index (χ3n) is 5.25. The van der Waals surface area contributed by atoms with E-state index in [9.17, 15) is 39.7 Å². The highest BCUT2D eigenvalue weighted by molar-refractivity contribution is 7.84. The molecule has 3 rings (SSSR count). The van der Waals surface area contributed by atoms with Crippen LogP contribution in [0.2, 0.25) is 0 Å². The van der Waals surface area contributed by atoms with E-state index < -0.39 is 47.5 Å². The Morgan fingerprint density at radius 3 is 2.38 bits per heavy atom. The van der Waals surface area contributed by atoms with E-state index in [4.69, 9.17) is 4.74 Å². The van der Waals surface area contributed by atoms with Gasteiger partial charge in [-0.25, -0.2) is 14.4 Å². The average molecular weight is 582 g/mol. The number of amides is 1. The van der Waals surface area contributed by atoms with E-state index in [0.29, 0.717) is 16.5 Å². The van der Waals surface area contributed by atoms with E-state index in [1.807, 2.05) is 0 Å². The molecule has 0 aliphatic carbocycles. The number of anilines is 3. The smallest absolute Gasteiger partial charge is 0.417 e. The topological polar surface area (TPSA) is 96.5 Å². The van der Waals surface area contributed by atoms with Gasteiger partial charge in [-0.05, 0) is 36.8 Å². The maximum absolute atomic E-state index is 13.9. The molecule has 3 aromatic rings. The molecule has 0 bridgehead atoms. The normalized spacial score (nSPS) is 12.9. The predicted molar refractivity (Wildman–Crippen MR) is 131 cm³/mol. The minimum atomic E-state index is -5.78. The molecule has 212 valence electrons. The lowest BCUT2D eigenvalue weighted by molar-refractivity contribution is -0.257. The number of halogens is 7. The zero-order chi connectivity index (χ0) is 29.1. The van der Waals surface area contributed by atoms with Gasteiger partial charge in [0.25, 0.3) is 5.91 Å². The molecule has 1 heterocycles. The maximum atomic E-state index is 13.9. The van der Waals surface area contributed by atoms with Crippen molar-refractivity contribution in [3.63, 3.8) is 0 Å². The molecule has 1 aromatic heterocycles. The number of aromatic nitrogens is 2. The van der Waals surface area contributed by atoms with Gasteiger partial charge in [-0.3, -0.25) is 9.00 Å². The number of ether oxygens (including phenoxy) is 1. The van der Waals surface area contributed by atoms with Crippen molar-refractivity contribution < 1.29 is 44.5 Å². The largest absolute Gasteiger partial charge is 0.481 e. The number of alkyl halides is 6. The van der Waals surface area contributed by atoms with Crippen LogP contribution < -0.4 is 20.3 Å². The van der Waals surface area contributed by atoms with Gasteiger partial charge in [0.05, 0.1) is 17.1 Å². The molecule has 1 amide bonds. The molecule has 1 unspecified atom stereocenters. The summed E-state index contributed by atoms with van der Waals surface area (Å²) in [7, 11) is 0.663. The summed E-state index contributed by atoms with van der Waals surface area (Å²) in [5.74, 6) is -2.44. The van der Waals surface area contributed by atoms with Crippen LogP contribution in [0.4, 0.5) is 47.9 Å². The highest BCUT2D eigenvalue weighted by Gasteiger charge is 2.57. The first-order valence-corrected chi connectivity index (χ1v) is 12.7. The number of hydrogen-bond acceptors (Lipinski definition) is 7. The molecule has 0 aliphatic rings. The first kappa shape index (κ1) is 29.9. The van der Waals surface area contributed by atoms with Crippen molar-refractivity contribution in [2.45, 2.75) is 25.3 Å². The van der Waals surface area contributed by atoms with E-state index >= 15 is 0 Å². The minimum absolute atomic E-state index is 0.0226. The van der Waals surface area contributed by atoms with Crippen molar-refractivity contribution in [2.75, 3.05) is 36.0 Å². The summed E-state index contributed by atoms with van der Waals surface area (Å²) in [6, 6.07) is 2.45. The molecule has 0 radical (unpaired) electrons. The third kappa shape index (κ3) is 7.68. The molecule has 0 fully saturated rings. The molecule has 0 saturated heterocycles. The molecular weight excluding hydrogens is 559 g/mol. The van der Waals surface area contributed by atoms with Gasteiger partial charge >= 0.3 is 12.4 Å². The number of nitrogens with one attached hydrogen (secondary N) is 2. The number of rotatable bonds is 9. The van der Waals surface area contributed by atoms with E-state index in [1.165, 1.54) is 12.4 Å². The standard InChI is InChI=1S/C23H22F7N5O3S/c1-12-6-14(35(2)11-39(3)37)8-16-19(12)20(32-10-31-16)33-15-5-4-13(24)7-17(15)38-9-18(36)34-21(22(25,26)27)23(28,29)30/h4-8,10,21H,9,11H2,1-3H3,(H,34,36)(H,31,32,33). The Morgan fingerprint density at radius 2 is 1.77 bits per heavy atom. The fourth-order valence-electron chi connectivity index (χ4n) is 3.58. The highest BCUT2D eigenvalue weighted by Crippen LogP contribution is 2.35. The second-order valence-corrected chi connectivity index (χ2v) is 9.82. The number of nitrogens with zero attached hydrogens (tertiary/aromatic N) is 3. The lowest BCUT2D eigenvalue weighted by Crippen LogP contribution is -2.55. The van der Waals surface area contributed by atoms with Gasteiger partial charge in [-0.15, -0.1) is 0 Å². The van der Waals surface area contributed by atoms with Crippen LogP contribution in [-0.2, 0) is 15.6 Å². The maximum Gasteiger partial charge on any atom is 0.417 e. The lowest BCUT2D eigenvalue weighted by atomic mass is 10.1. The van der Waals surface area contributed by atoms with Crippen LogP contribution in [0.1, 0.15) is 5.56 Å². The van der Waals surface area contributed by atoms with Crippen LogP contribution in [0.15, 0.2) is 36.7 Å². The summed E-state index contributed by atoms with van der Waals surface area (Å²) in [5, 5.41) is 4.26. The van der Waals surface area contributed by atoms with Crippen LogP contribution in [0.5, 0.6) is 5.75 Å². The Kier molecular flexibility index (Phi) is 8.87. The van der Waals surface area contributed by atoms with Crippen LogP contribution in [0, 0.1) is 12.7 Å². The van der Waals surface area contributed by atoms with Crippen LogP contribution in [-0.4, -0.2) is 64.3 Å². The summed E-state index contributed by atoms with van der Waals surface area (Å²) >= 11 is 0.